The summed E-state index contributed by atoms with van der Waals surface area (Å²) in [6.45, 7) is 2.99. The maximum Gasteiger partial charge on any atom is 0.397 e. The molecule has 1 atom stereocenters. The molecule has 0 bridgehead atoms. The van der Waals surface area contributed by atoms with Crippen molar-refractivity contribution in [3.05, 3.63) is 89.7 Å². The molecule has 3 nitrogen and oxygen atoms in total. The van der Waals surface area contributed by atoms with Crippen LogP contribution in [0.1, 0.15) is 30.9 Å². The molecule has 0 aliphatic heterocycles. The van der Waals surface area contributed by atoms with Gasteiger partial charge >= 0.3 is 6.18 Å². The van der Waals surface area contributed by atoms with Crippen molar-refractivity contribution < 1.29 is 31.8 Å². The van der Waals surface area contributed by atoms with Crippen molar-refractivity contribution in [3.63, 3.8) is 0 Å². The second kappa shape index (κ2) is 10.5. The maximum absolute atomic E-state index is 14.1. The number of hydrogen-bond acceptors (Lipinski definition) is 3. The van der Waals surface area contributed by atoms with E-state index in [0.29, 0.717) is 17.1 Å². The van der Waals surface area contributed by atoms with Crippen LogP contribution in [0.4, 0.5) is 17.6 Å². The molecule has 3 aromatic rings. The minimum absolute atomic E-state index is 0.0228. The van der Waals surface area contributed by atoms with Crippen LogP contribution in [-0.4, -0.2) is 18.9 Å². The van der Waals surface area contributed by atoms with Crippen LogP contribution in [0.3, 0.4) is 0 Å². The van der Waals surface area contributed by atoms with Crippen molar-refractivity contribution in [2.45, 2.75) is 38.7 Å². The molecule has 0 aliphatic rings. The monoisotopic (exact) mass is 448 g/mol. The van der Waals surface area contributed by atoms with Crippen LogP contribution in [-0.2, 0) is 11.3 Å². The van der Waals surface area contributed by atoms with Crippen LogP contribution >= 0.6 is 0 Å². The van der Waals surface area contributed by atoms with Gasteiger partial charge in [-0.2, -0.15) is 13.2 Å². The molecule has 170 valence electrons. The zero-order chi connectivity index (χ0) is 23.1. The lowest BCUT2D eigenvalue weighted by Gasteiger charge is -2.21. The highest BCUT2D eigenvalue weighted by atomic mass is 19.4. The fraction of sp³-hybridized carbons (Fsp3) is 0.280. The maximum atomic E-state index is 14.1. The van der Waals surface area contributed by atoms with Gasteiger partial charge in [0, 0.05) is 0 Å². The minimum atomic E-state index is -4.48. The van der Waals surface area contributed by atoms with Crippen molar-refractivity contribution >= 4 is 0 Å². The number of halogens is 4. The number of para-hydroxylation sites is 1. The number of alkyl halides is 3. The zero-order valence-electron chi connectivity index (χ0n) is 17.7. The molecular formula is C25H24F4O3. The van der Waals surface area contributed by atoms with Gasteiger partial charge in [-0.25, -0.2) is 4.39 Å². The Bertz CT molecular complexity index is 986. The summed E-state index contributed by atoms with van der Waals surface area (Å²) < 4.78 is 71.3. The van der Waals surface area contributed by atoms with Gasteiger partial charge in [0.05, 0.1) is 19.3 Å². The summed E-state index contributed by atoms with van der Waals surface area (Å²) >= 11 is 0. The van der Waals surface area contributed by atoms with Gasteiger partial charge in [-0.15, -0.1) is 0 Å². The van der Waals surface area contributed by atoms with Crippen LogP contribution in [0.5, 0.6) is 17.2 Å². The smallest absolute Gasteiger partial charge is 0.397 e. The summed E-state index contributed by atoms with van der Waals surface area (Å²) in [6, 6.07) is 18.5. The number of benzene rings is 3. The fourth-order valence-electron chi connectivity index (χ4n) is 3.06. The summed E-state index contributed by atoms with van der Waals surface area (Å²) in [6.07, 6.45) is -4.56. The van der Waals surface area contributed by atoms with Gasteiger partial charge in [0.1, 0.15) is 17.4 Å². The topological polar surface area (TPSA) is 27.7 Å². The lowest BCUT2D eigenvalue weighted by molar-refractivity contribution is -0.163. The van der Waals surface area contributed by atoms with E-state index in [1.165, 1.54) is 42.5 Å². The summed E-state index contributed by atoms with van der Waals surface area (Å²) in [7, 11) is 0. The predicted molar refractivity (Wildman–Crippen MR) is 114 cm³/mol. The van der Waals surface area contributed by atoms with Crippen LogP contribution < -0.4 is 9.47 Å². The van der Waals surface area contributed by atoms with E-state index in [1.807, 2.05) is 13.8 Å². The third-order valence-corrected chi connectivity index (χ3v) is 4.57. The van der Waals surface area contributed by atoms with Gasteiger partial charge in [-0.1, -0.05) is 36.4 Å². The van der Waals surface area contributed by atoms with Gasteiger partial charge in [-0.05, 0) is 61.4 Å². The Morgan fingerprint density at radius 1 is 0.844 bits per heavy atom. The highest BCUT2D eigenvalue weighted by molar-refractivity contribution is 5.35. The van der Waals surface area contributed by atoms with Crippen molar-refractivity contribution in [2.24, 2.45) is 0 Å². The number of rotatable bonds is 9. The average molecular weight is 448 g/mol. The largest absolute Gasteiger partial charge is 0.491 e. The normalized spacial score (nSPS) is 12.6. The van der Waals surface area contributed by atoms with E-state index in [0.717, 1.165) is 0 Å². The lowest BCUT2D eigenvalue weighted by Crippen LogP contribution is -2.25. The van der Waals surface area contributed by atoms with E-state index in [1.54, 1.807) is 30.3 Å². The Morgan fingerprint density at radius 3 is 2.16 bits per heavy atom. The van der Waals surface area contributed by atoms with E-state index in [2.05, 4.69) is 0 Å². The Balaban J connectivity index is 1.65. The molecular weight excluding hydrogens is 424 g/mol. The summed E-state index contributed by atoms with van der Waals surface area (Å²) in [5, 5.41) is 0. The summed E-state index contributed by atoms with van der Waals surface area (Å²) in [5.41, 5.74) is 0.583. The van der Waals surface area contributed by atoms with Crippen molar-refractivity contribution in [1.29, 1.82) is 0 Å². The molecule has 1 unspecified atom stereocenters. The standard InChI is InChI=1S/C25H24F4O3/c1-17(2)31-21-11-9-19(10-12-21)22(25(27,28)29)16-30-15-18-8-13-23(26)24(14-18)32-20-6-4-3-5-7-20/h3-14,17,22H,15-16H2,1-2H3. The molecule has 0 radical (unpaired) electrons. The molecule has 0 aromatic heterocycles. The Kier molecular flexibility index (Phi) is 7.75. The molecule has 0 N–H and O–H groups in total. The molecule has 0 aliphatic carbocycles. The molecule has 3 rings (SSSR count). The Labute approximate surface area is 184 Å². The van der Waals surface area contributed by atoms with Crippen LogP contribution in [0, 0.1) is 5.82 Å². The van der Waals surface area contributed by atoms with Crippen LogP contribution in [0.2, 0.25) is 0 Å². The van der Waals surface area contributed by atoms with Gasteiger partial charge in [0.2, 0.25) is 0 Å². The molecule has 0 amide bonds. The fourth-order valence-corrected chi connectivity index (χ4v) is 3.06. The van der Waals surface area contributed by atoms with Crippen molar-refractivity contribution in [2.75, 3.05) is 6.61 Å². The molecule has 0 fully saturated rings. The third kappa shape index (κ3) is 6.72. The van der Waals surface area contributed by atoms with Gasteiger partial charge in [0.15, 0.2) is 11.6 Å². The highest BCUT2D eigenvalue weighted by Gasteiger charge is 2.40. The lowest BCUT2D eigenvalue weighted by atomic mass is 9.99. The molecule has 0 saturated heterocycles. The van der Waals surface area contributed by atoms with Gasteiger partial charge < -0.3 is 14.2 Å². The van der Waals surface area contributed by atoms with E-state index in [9.17, 15) is 17.6 Å². The molecule has 0 saturated carbocycles. The predicted octanol–water partition coefficient (Wildman–Crippen LogP) is 7.27. The van der Waals surface area contributed by atoms with Gasteiger partial charge in [-0.3, -0.25) is 0 Å². The minimum Gasteiger partial charge on any atom is -0.491 e. The quantitative estimate of drug-likeness (QED) is 0.322. The van der Waals surface area contributed by atoms with E-state index >= 15 is 0 Å². The van der Waals surface area contributed by atoms with Crippen LogP contribution in [0.25, 0.3) is 0 Å². The third-order valence-electron chi connectivity index (χ3n) is 4.57. The molecule has 0 spiro atoms. The first-order chi connectivity index (χ1) is 15.2. The van der Waals surface area contributed by atoms with E-state index < -0.39 is 24.5 Å². The Hall–Kier alpha value is -3.06. The van der Waals surface area contributed by atoms with Crippen molar-refractivity contribution in [3.8, 4) is 17.2 Å². The second-order valence-electron chi connectivity index (χ2n) is 7.52. The first-order valence-corrected chi connectivity index (χ1v) is 10.1. The van der Waals surface area contributed by atoms with Crippen molar-refractivity contribution in [1.82, 2.24) is 0 Å². The molecule has 7 heteroatoms. The van der Waals surface area contributed by atoms with Crippen LogP contribution in [0.15, 0.2) is 72.8 Å². The molecule has 32 heavy (non-hydrogen) atoms. The SMILES string of the molecule is CC(C)Oc1ccc(C(COCc2ccc(F)c(Oc3ccccc3)c2)C(F)(F)F)cc1. The Morgan fingerprint density at radius 2 is 1.53 bits per heavy atom. The zero-order valence-corrected chi connectivity index (χ0v) is 17.7. The second-order valence-corrected chi connectivity index (χ2v) is 7.52. The summed E-state index contributed by atoms with van der Waals surface area (Å²) in [4.78, 5) is 0. The first-order valence-electron chi connectivity index (χ1n) is 10.1. The summed E-state index contributed by atoms with van der Waals surface area (Å²) in [5.74, 6) is -1.44. The van der Waals surface area contributed by atoms with E-state index in [4.69, 9.17) is 14.2 Å². The number of ether oxygens (including phenoxy) is 3. The average Bonchev–Trinajstić information content (AvgIpc) is 2.74. The first kappa shape index (κ1) is 23.6. The number of hydrogen-bond donors (Lipinski definition) is 0. The van der Waals surface area contributed by atoms with Gasteiger partial charge in [0.25, 0.3) is 0 Å². The van der Waals surface area contributed by atoms with E-state index in [-0.39, 0.29) is 24.0 Å². The molecule has 0 heterocycles. The highest BCUT2D eigenvalue weighted by Crippen LogP contribution is 2.36. The molecule has 3 aromatic carbocycles.